The molecule has 2 fully saturated rings. The molecule has 4 heterocycles. The maximum Gasteiger partial charge on any atom is 0.254 e. The zero-order valence-electron chi connectivity index (χ0n) is 30.0. The van der Waals surface area contributed by atoms with Crippen molar-refractivity contribution < 1.29 is 19.8 Å². The average Bonchev–Trinajstić information content (AvgIpc) is 4.02. The number of nitrogens with one attached hydrogen (secondary N) is 2. The molecule has 0 unspecified atom stereocenters. The van der Waals surface area contributed by atoms with E-state index in [0.29, 0.717) is 60.1 Å². The first kappa shape index (κ1) is 35.3. The van der Waals surface area contributed by atoms with E-state index in [-0.39, 0.29) is 24.9 Å². The van der Waals surface area contributed by atoms with Gasteiger partial charge in [0.05, 0.1) is 24.3 Å². The molecule has 0 bridgehead atoms. The number of nitrogens with zero attached hydrogens (tertiary/aromatic N) is 6. The van der Waals surface area contributed by atoms with Crippen LogP contribution in [-0.2, 0) is 25.7 Å². The molecule has 8 rings (SSSR count). The Bertz CT molecular complexity index is 2060. The Labute approximate surface area is 313 Å². The number of rotatable bonds is 12. The standard InChI is InChI=1S/C42H44N8O4/c51-33-23-35(39-43-37(45-47-39)15-7-13-27-9-3-1-4-10-27)49(25-33)41(53)31-19-17-30-22-32(20-18-29(30)21-31)42(54)50-26-34(52)24-36(50)40-44-38(46-48-40)16-8-14-28-11-5-2-6-12-28/h1-6,9-12,17-22,33-36,51-52H,7-8,13-16,23-26H2,(H,43,45,47)(H,44,46,48)/t33-,34-,35+,36+/m1/s1. The number of aromatic nitrogens is 6. The van der Waals surface area contributed by atoms with Gasteiger partial charge in [-0.2, -0.15) is 10.2 Å². The lowest BCUT2D eigenvalue weighted by Gasteiger charge is -2.23. The number of likely N-dealkylation sites (tertiary alicyclic amines) is 2. The number of carbonyl (C=O) groups excluding carboxylic acids is 2. The van der Waals surface area contributed by atoms with Gasteiger partial charge < -0.3 is 20.0 Å². The summed E-state index contributed by atoms with van der Waals surface area (Å²) < 4.78 is 0. The Kier molecular flexibility index (Phi) is 10.3. The van der Waals surface area contributed by atoms with Crippen LogP contribution in [0.5, 0.6) is 0 Å². The molecule has 2 amide bonds. The second kappa shape index (κ2) is 15.7. The highest BCUT2D eigenvalue weighted by Gasteiger charge is 2.39. The second-order valence-corrected chi connectivity index (χ2v) is 14.5. The van der Waals surface area contributed by atoms with Crippen molar-refractivity contribution in [2.24, 2.45) is 0 Å². The predicted molar refractivity (Wildman–Crippen MR) is 202 cm³/mol. The Hall–Kier alpha value is -5.72. The third-order valence-corrected chi connectivity index (χ3v) is 10.6. The van der Waals surface area contributed by atoms with E-state index in [0.717, 1.165) is 36.5 Å². The highest BCUT2D eigenvalue weighted by atomic mass is 16.3. The van der Waals surface area contributed by atoms with Crippen LogP contribution >= 0.6 is 0 Å². The van der Waals surface area contributed by atoms with Crippen LogP contribution in [0.4, 0.5) is 0 Å². The van der Waals surface area contributed by atoms with Gasteiger partial charge >= 0.3 is 0 Å². The molecule has 0 radical (unpaired) electrons. The Morgan fingerprint density at radius 1 is 0.593 bits per heavy atom. The van der Waals surface area contributed by atoms with Crippen molar-refractivity contribution >= 4 is 22.6 Å². The molecule has 2 aliphatic heterocycles. The monoisotopic (exact) mass is 724 g/mol. The second-order valence-electron chi connectivity index (χ2n) is 14.5. The number of H-pyrrole nitrogens is 2. The quantitative estimate of drug-likeness (QED) is 0.132. The SMILES string of the molecule is O=C(c1ccc2cc(C(=O)N3C[C@H](O)C[C@H]3c3nc(CCCc4ccccc4)n[nH]3)ccc2c1)N1C[C@H](O)C[C@H]1c1nc(CCCc2ccccc2)n[nH]1. The molecule has 276 valence electrons. The fourth-order valence-corrected chi connectivity index (χ4v) is 7.77. The van der Waals surface area contributed by atoms with E-state index in [2.05, 4.69) is 44.7 Å². The molecule has 2 aliphatic rings. The molecule has 12 nitrogen and oxygen atoms in total. The van der Waals surface area contributed by atoms with E-state index in [4.69, 9.17) is 9.97 Å². The van der Waals surface area contributed by atoms with E-state index >= 15 is 0 Å². The number of aromatic amines is 2. The molecular weight excluding hydrogens is 681 g/mol. The number of aryl methyl sites for hydroxylation is 4. The number of hydrogen-bond donors (Lipinski definition) is 4. The third kappa shape index (κ3) is 7.80. The summed E-state index contributed by atoms with van der Waals surface area (Å²) in [6, 6.07) is 30.6. The molecule has 0 aliphatic carbocycles. The molecule has 54 heavy (non-hydrogen) atoms. The minimum atomic E-state index is -0.671. The van der Waals surface area contributed by atoms with Crippen molar-refractivity contribution in [2.45, 2.75) is 75.7 Å². The van der Waals surface area contributed by atoms with Crippen LogP contribution in [0.25, 0.3) is 10.8 Å². The normalized spacial score (nSPS) is 19.9. The van der Waals surface area contributed by atoms with Crippen LogP contribution in [0.1, 0.15) is 92.9 Å². The van der Waals surface area contributed by atoms with Crippen LogP contribution < -0.4 is 0 Å². The van der Waals surface area contributed by atoms with E-state index in [1.54, 1.807) is 21.9 Å². The van der Waals surface area contributed by atoms with Crippen molar-refractivity contribution in [3.8, 4) is 0 Å². The average molecular weight is 725 g/mol. The Balaban J connectivity index is 0.920. The van der Waals surface area contributed by atoms with Gasteiger partial charge in [-0.3, -0.25) is 19.8 Å². The predicted octanol–water partition coefficient (Wildman–Crippen LogP) is 5.32. The summed E-state index contributed by atoms with van der Waals surface area (Å²) in [6.07, 6.45) is 4.48. The molecule has 2 aromatic heterocycles. The Morgan fingerprint density at radius 3 is 1.44 bits per heavy atom. The van der Waals surface area contributed by atoms with Crippen molar-refractivity contribution in [1.29, 1.82) is 0 Å². The summed E-state index contributed by atoms with van der Waals surface area (Å²) in [5.74, 6) is 2.13. The van der Waals surface area contributed by atoms with Gasteiger partial charge in [0, 0.05) is 49.9 Å². The van der Waals surface area contributed by atoms with E-state index in [9.17, 15) is 19.8 Å². The number of aliphatic hydroxyl groups is 2. The minimum Gasteiger partial charge on any atom is -0.391 e. The molecule has 0 saturated carbocycles. The lowest BCUT2D eigenvalue weighted by Crippen LogP contribution is -2.32. The van der Waals surface area contributed by atoms with Gasteiger partial charge in [-0.15, -0.1) is 0 Å². The molecule has 4 atom stereocenters. The fourth-order valence-electron chi connectivity index (χ4n) is 7.77. The number of aliphatic hydroxyl groups excluding tert-OH is 2. The van der Waals surface area contributed by atoms with Crippen molar-refractivity contribution in [3.05, 3.63) is 143 Å². The molecule has 4 N–H and O–H groups in total. The summed E-state index contributed by atoms with van der Waals surface area (Å²) in [7, 11) is 0. The molecule has 12 heteroatoms. The number of fused-ring (bicyclic) bond motifs is 1. The van der Waals surface area contributed by atoms with Crippen molar-refractivity contribution in [1.82, 2.24) is 40.2 Å². The highest BCUT2D eigenvalue weighted by Crippen LogP contribution is 2.34. The zero-order chi connectivity index (χ0) is 37.0. The number of benzene rings is 4. The van der Waals surface area contributed by atoms with Gasteiger partial charge in [0.15, 0.2) is 11.6 Å². The fraction of sp³-hybridized carbons (Fsp3) is 0.333. The van der Waals surface area contributed by atoms with Crippen molar-refractivity contribution in [2.75, 3.05) is 13.1 Å². The summed E-state index contributed by atoms with van der Waals surface area (Å²) in [4.78, 5) is 40.5. The van der Waals surface area contributed by atoms with Crippen LogP contribution in [0.3, 0.4) is 0 Å². The van der Waals surface area contributed by atoms with E-state index in [1.807, 2.05) is 60.7 Å². The zero-order valence-corrected chi connectivity index (χ0v) is 30.0. The van der Waals surface area contributed by atoms with Gasteiger partial charge in [-0.25, -0.2) is 9.97 Å². The van der Waals surface area contributed by atoms with E-state index < -0.39 is 24.3 Å². The number of amides is 2. The summed E-state index contributed by atoms with van der Waals surface area (Å²) in [6.45, 7) is 0.393. The smallest absolute Gasteiger partial charge is 0.254 e. The van der Waals surface area contributed by atoms with Crippen molar-refractivity contribution in [3.63, 3.8) is 0 Å². The molecule has 2 saturated heterocycles. The first-order chi connectivity index (χ1) is 26.4. The van der Waals surface area contributed by atoms with Gasteiger partial charge in [0.2, 0.25) is 0 Å². The largest absolute Gasteiger partial charge is 0.391 e. The summed E-state index contributed by atoms with van der Waals surface area (Å²) >= 11 is 0. The maximum absolute atomic E-state index is 13.9. The molecule has 4 aromatic carbocycles. The summed E-state index contributed by atoms with van der Waals surface area (Å²) in [5, 5.41) is 37.7. The van der Waals surface area contributed by atoms with E-state index in [1.165, 1.54) is 11.1 Å². The first-order valence-electron chi connectivity index (χ1n) is 18.8. The topological polar surface area (TPSA) is 164 Å². The maximum atomic E-state index is 13.9. The van der Waals surface area contributed by atoms with Gasteiger partial charge in [-0.05, 0) is 71.8 Å². The van der Waals surface area contributed by atoms with Crippen LogP contribution in [0.2, 0.25) is 0 Å². The number of hydrogen-bond acceptors (Lipinski definition) is 8. The Morgan fingerprint density at radius 2 is 1.02 bits per heavy atom. The number of β-amino-alcohol motifs (C(OH)–C–C–N with tert-alkyl or cyclic N) is 2. The number of carbonyl (C=O) groups is 2. The highest BCUT2D eigenvalue weighted by molar-refractivity contribution is 6.02. The molecule has 0 spiro atoms. The molecule has 6 aromatic rings. The van der Waals surface area contributed by atoms with Gasteiger partial charge in [0.1, 0.15) is 11.6 Å². The van der Waals surface area contributed by atoms with Gasteiger partial charge in [-0.1, -0.05) is 72.8 Å². The minimum absolute atomic E-state index is 0.197. The van der Waals surface area contributed by atoms with Crippen LogP contribution in [-0.4, -0.2) is 87.5 Å². The molecular formula is C42H44N8O4. The van der Waals surface area contributed by atoms with Crippen LogP contribution in [0.15, 0.2) is 97.1 Å². The lowest BCUT2D eigenvalue weighted by molar-refractivity contribution is 0.0705. The van der Waals surface area contributed by atoms with Crippen LogP contribution in [0, 0.1) is 0 Å². The summed E-state index contributed by atoms with van der Waals surface area (Å²) in [5.41, 5.74) is 3.50. The van der Waals surface area contributed by atoms with Gasteiger partial charge in [0.25, 0.3) is 11.8 Å². The lowest BCUT2D eigenvalue weighted by atomic mass is 10.0. The first-order valence-corrected chi connectivity index (χ1v) is 18.8. The third-order valence-electron chi connectivity index (χ3n) is 10.6.